The molecule has 2 heterocycles. The van der Waals surface area contributed by atoms with Crippen LogP contribution in [0.25, 0.3) is 0 Å². The topological polar surface area (TPSA) is 129 Å². The number of hydrogen-bond acceptors (Lipinski definition) is 5. The fourth-order valence-corrected chi connectivity index (χ4v) is 2.09. The Morgan fingerprint density at radius 2 is 1.84 bits per heavy atom. The Bertz CT molecular complexity index is 490. The summed E-state index contributed by atoms with van der Waals surface area (Å²) in [6, 6.07) is 1.30. The molecule has 0 aliphatic carbocycles. The molecule has 102 valence electrons. The second-order valence-corrected chi connectivity index (χ2v) is 4.39. The van der Waals surface area contributed by atoms with E-state index in [1.165, 1.54) is 6.07 Å². The van der Waals surface area contributed by atoms with E-state index in [1.807, 2.05) is 4.90 Å². The Hall–Kier alpha value is -2.38. The van der Waals surface area contributed by atoms with Crippen molar-refractivity contribution >= 4 is 17.6 Å². The van der Waals surface area contributed by atoms with E-state index in [0.717, 1.165) is 32.4 Å². The number of hydrogen-bond donors (Lipinski definition) is 2. The predicted molar refractivity (Wildman–Crippen MR) is 66.3 cm³/mol. The second kappa shape index (κ2) is 5.09. The Morgan fingerprint density at radius 1 is 1.21 bits per heavy atom. The van der Waals surface area contributed by atoms with Crippen LogP contribution >= 0.6 is 0 Å². The van der Waals surface area contributed by atoms with Crippen molar-refractivity contribution < 1.29 is 14.3 Å². The number of piperidine rings is 1. The largest absolute Gasteiger partial charge is 0.710 e. The normalized spacial score (nSPS) is 15.3. The summed E-state index contributed by atoms with van der Waals surface area (Å²) in [6.07, 6.45) is 3.10. The Balaban J connectivity index is 2.49. The SMILES string of the molecule is NC(=O)c1cc(N2CCCCC2)nc(C(N)=O)[n+]1[O-]. The van der Waals surface area contributed by atoms with Gasteiger partial charge in [0, 0.05) is 13.1 Å². The van der Waals surface area contributed by atoms with Gasteiger partial charge in [0.1, 0.15) is 0 Å². The maximum atomic E-state index is 11.7. The van der Waals surface area contributed by atoms with Gasteiger partial charge in [-0.2, -0.15) is 0 Å². The number of anilines is 1. The van der Waals surface area contributed by atoms with Gasteiger partial charge in [0.05, 0.1) is 6.07 Å². The van der Waals surface area contributed by atoms with Crippen LogP contribution in [-0.4, -0.2) is 29.9 Å². The van der Waals surface area contributed by atoms with Gasteiger partial charge in [0.25, 0.3) is 5.91 Å². The number of nitrogens with zero attached hydrogens (tertiary/aromatic N) is 3. The molecule has 0 bridgehead atoms. The zero-order valence-corrected chi connectivity index (χ0v) is 10.3. The van der Waals surface area contributed by atoms with E-state index in [0.29, 0.717) is 5.82 Å². The summed E-state index contributed by atoms with van der Waals surface area (Å²) in [4.78, 5) is 28.3. The first-order valence-electron chi connectivity index (χ1n) is 6.00. The van der Waals surface area contributed by atoms with Gasteiger partial charge < -0.3 is 21.6 Å². The molecule has 1 aliphatic rings. The van der Waals surface area contributed by atoms with Crippen LogP contribution in [0.15, 0.2) is 6.07 Å². The molecular formula is C11H15N5O3. The van der Waals surface area contributed by atoms with Gasteiger partial charge in [-0.15, -0.1) is 0 Å². The standard InChI is InChI=1S/C11H15N5O3/c12-9(17)7-6-8(15-4-2-1-3-5-15)14-11(10(13)18)16(7)19/h6H,1-5H2,(H2,12,17)(H2,13,18). The van der Waals surface area contributed by atoms with Crippen LogP contribution in [-0.2, 0) is 0 Å². The summed E-state index contributed by atoms with van der Waals surface area (Å²) < 4.78 is 0.0815. The molecule has 0 saturated carbocycles. The lowest BCUT2D eigenvalue weighted by Gasteiger charge is -2.25. The smallest absolute Gasteiger partial charge is 0.394 e. The number of amides is 2. The van der Waals surface area contributed by atoms with Crippen molar-refractivity contribution in [1.29, 1.82) is 0 Å². The van der Waals surface area contributed by atoms with E-state index in [1.54, 1.807) is 0 Å². The second-order valence-electron chi connectivity index (χ2n) is 4.39. The van der Waals surface area contributed by atoms with Crippen molar-refractivity contribution in [2.24, 2.45) is 11.5 Å². The number of aromatic nitrogens is 2. The number of carbonyl (C=O) groups excluding carboxylic acids is 2. The van der Waals surface area contributed by atoms with Crippen molar-refractivity contribution in [2.45, 2.75) is 19.3 Å². The van der Waals surface area contributed by atoms with Gasteiger partial charge in [-0.05, 0) is 24.2 Å². The number of rotatable bonds is 3. The van der Waals surface area contributed by atoms with E-state index < -0.39 is 17.6 Å². The molecule has 8 nitrogen and oxygen atoms in total. The third-order valence-electron chi connectivity index (χ3n) is 3.05. The molecule has 1 fully saturated rings. The fraction of sp³-hybridized carbons (Fsp3) is 0.455. The maximum absolute atomic E-state index is 11.7. The van der Waals surface area contributed by atoms with E-state index in [2.05, 4.69) is 4.98 Å². The maximum Gasteiger partial charge on any atom is 0.394 e. The van der Waals surface area contributed by atoms with Crippen molar-refractivity contribution in [3.63, 3.8) is 0 Å². The zero-order valence-electron chi connectivity index (χ0n) is 10.3. The molecule has 0 atom stereocenters. The van der Waals surface area contributed by atoms with Crippen LogP contribution in [0.2, 0.25) is 0 Å². The van der Waals surface area contributed by atoms with Crippen LogP contribution in [0.5, 0.6) is 0 Å². The number of carbonyl (C=O) groups is 2. The molecule has 8 heteroatoms. The minimum Gasteiger partial charge on any atom is -0.710 e. The summed E-state index contributed by atoms with van der Waals surface area (Å²) in [5.41, 5.74) is 9.88. The van der Waals surface area contributed by atoms with Gasteiger partial charge in [-0.25, -0.2) is 4.73 Å². The Labute approximate surface area is 109 Å². The molecule has 0 spiro atoms. The third-order valence-corrected chi connectivity index (χ3v) is 3.05. The lowest BCUT2D eigenvalue weighted by atomic mass is 10.1. The highest BCUT2D eigenvalue weighted by Gasteiger charge is 2.27. The van der Waals surface area contributed by atoms with Crippen LogP contribution in [0.1, 0.15) is 40.4 Å². The van der Waals surface area contributed by atoms with Crippen LogP contribution < -0.4 is 21.1 Å². The molecule has 1 aliphatic heterocycles. The molecule has 2 rings (SSSR count). The average Bonchev–Trinajstić information content (AvgIpc) is 2.39. The molecule has 0 unspecified atom stereocenters. The fourth-order valence-electron chi connectivity index (χ4n) is 2.09. The van der Waals surface area contributed by atoms with Gasteiger partial charge >= 0.3 is 11.7 Å². The van der Waals surface area contributed by atoms with Gasteiger partial charge in [0.15, 0.2) is 0 Å². The average molecular weight is 265 g/mol. The monoisotopic (exact) mass is 265 g/mol. The molecular weight excluding hydrogens is 250 g/mol. The Morgan fingerprint density at radius 3 is 2.37 bits per heavy atom. The highest BCUT2D eigenvalue weighted by molar-refractivity contribution is 5.92. The molecule has 1 aromatic heterocycles. The van der Waals surface area contributed by atoms with Crippen molar-refractivity contribution in [3.05, 3.63) is 22.8 Å². The van der Waals surface area contributed by atoms with Crippen LogP contribution in [0, 0.1) is 5.21 Å². The highest BCUT2D eigenvalue weighted by Crippen LogP contribution is 2.17. The lowest BCUT2D eigenvalue weighted by molar-refractivity contribution is -0.613. The summed E-state index contributed by atoms with van der Waals surface area (Å²) in [5.74, 6) is -2.04. The van der Waals surface area contributed by atoms with Gasteiger partial charge in [-0.1, -0.05) is 0 Å². The lowest BCUT2D eigenvalue weighted by Crippen LogP contribution is -2.46. The highest BCUT2D eigenvalue weighted by atomic mass is 16.5. The molecule has 1 saturated heterocycles. The van der Waals surface area contributed by atoms with Crippen molar-refractivity contribution in [3.8, 4) is 0 Å². The summed E-state index contributed by atoms with van der Waals surface area (Å²) in [5, 5.41) is 11.7. The Kier molecular flexibility index (Phi) is 3.50. The van der Waals surface area contributed by atoms with Gasteiger partial charge in [-0.3, -0.25) is 9.59 Å². The molecule has 19 heavy (non-hydrogen) atoms. The first-order valence-corrected chi connectivity index (χ1v) is 6.00. The quantitative estimate of drug-likeness (QED) is 0.529. The minimum absolute atomic E-state index is 0.0815. The van der Waals surface area contributed by atoms with E-state index in [9.17, 15) is 14.8 Å². The molecule has 0 radical (unpaired) electrons. The summed E-state index contributed by atoms with van der Waals surface area (Å²) in [6.45, 7) is 1.51. The molecule has 4 N–H and O–H groups in total. The van der Waals surface area contributed by atoms with Crippen molar-refractivity contribution in [2.75, 3.05) is 18.0 Å². The van der Waals surface area contributed by atoms with E-state index in [-0.39, 0.29) is 10.4 Å². The number of primary amides is 2. The molecule has 1 aromatic rings. The minimum atomic E-state index is -0.989. The van der Waals surface area contributed by atoms with Gasteiger partial charge in [0.2, 0.25) is 11.5 Å². The first kappa shape index (κ1) is 13.1. The van der Waals surface area contributed by atoms with E-state index >= 15 is 0 Å². The first-order chi connectivity index (χ1) is 9.00. The summed E-state index contributed by atoms with van der Waals surface area (Å²) >= 11 is 0. The van der Waals surface area contributed by atoms with Crippen LogP contribution in [0.3, 0.4) is 0 Å². The molecule has 0 aromatic carbocycles. The zero-order chi connectivity index (χ0) is 14.0. The predicted octanol–water partition coefficient (Wildman–Crippen LogP) is -1.10. The number of nitrogens with two attached hydrogens (primary N) is 2. The molecule has 2 amide bonds. The van der Waals surface area contributed by atoms with E-state index in [4.69, 9.17) is 11.5 Å². The van der Waals surface area contributed by atoms with Crippen molar-refractivity contribution in [1.82, 2.24) is 4.98 Å². The van der Waals surface area contributed by atoms with Crippen LogP contribution in [0.4, 0.5) is 5.82 Å². The summed E-state index contributed by atoms with van der Waals surface area (Å²) in [7, 11) is 0. The third kappa shape index (κ3) is 2.56.